The number of carbonyl (C=O) groups excluding carboxylic acids is 2. The number of aryl methyl sites for hydroxylation is 1. The second-order valence-corrected chi connectivity index (χ2v) is 6.26. The molecule has 1 unspecified atom stereocenters. The molecule has 2 rings (SSSR count). The molecule has 0 heterocycles. The third-order valence-corrected chi connectivity index (χ3v) is 4.13. The molecule has 0 aliphatic heterocycles. The summed E-state index contributed by atoms with van der Waals surface area (Å²) in [6.45, 7) is 5.67. The van der Waals surface area contributed by atoms with E-state index in [1.807, 2.05) is 20.8 Å². The number of hydrogen-bond acceptors (Lipinski definition) is 4. The van der Waals surface area contributed by atoms with Crippen LogP contribution in [-0.2, 0) is 4.74 Å². The van der Waals surface area contributed by atoms with Gasteiger partial charge in [-0.2, -0.15) is 0 Å². The average Bonchev–Trinajstić information content (AvgIpc) is 2.58. The average molecular weight is 361 g/mol. The van der Waals surface area contributed by atoms with Crippen LogP contribution in [0.5, 0.6) is 5.75 Å². The van der Waals surface area contributed by atoms with Crippen LogP contribution in [0.25, 0.3) is 0 Å². The first kappa shape index (κ1) is 19.0. The number of hydrogen-bond donors (Lipinski definition) is 0. The van der Waals surface area contributed by atoms with E-state index in [1.54, 1.807) is 42.5 Å². The zero-order chi connectivity index (χ0) is 18.4. The monoisotopic (exact) mass is 360 g/mol. The molecule has 0 N–H and O–H groups in total. The quantitative estimate of drug-likeness (QED) is 0.524. The maximum Gasteiger partial charge on any atom is 0.344 e. The number of esters is 2. The smallest absolute Gasteiger partial charge is 0.344 e. The summed E-state index contributed by atoms with van der Waals surface area (Å²) in [5, 5.41) is 0.591. The highest BCUT2D eigenvalue weighted by Crippen LogP contribution is 2.22. The van der Waals surface area contributed by atoms with Gasteiger partial charge >= 0.3 is 11.9 Å². The number of rotatable bonds is 6. The molecule has 1 atom stereocenters. The van der Waals surface area contributed by atoms with Gasteiger partial charge in [-0.3, -0.25) is 0 Å². The minimum absolute atomic E-state index is 0.170. The first-order valence-corrected chi connectivity index (χ1v) is 8.58. The summed E-state index contributed by atoms with van der Waals surface area (Å²) in [5.74, 6) is -0.771. The molecule has 0 radical (unpaired) electrons. The Morgan fingerprint density at radius 1 is 1.08 bits per heavy atom. The van der Waals surface area contributed by atoms with Crippen LogP contribution >= 0.6 is 11.6 Å². The van der Waals surface area contributed by atoms with Crippen molar-refractivity contribution in [1.29, 1.82) is 0 Å². The lowest BCUT2D eigenvalue weighted by molar-refractivity contribution is 0.0318. The van der Waals surface area contributed by atoms with E-state index in [0.29, 0.717) is 10.8 Å². The molecule has 0 amide bonds. The molecule has 0 spiro atoms. The van der Waals surface area contributed by atoms with Crippen LogP contribution in [0.1, 0.15) is 53.0 Å². The van der Waals surface area contributed by atoms with Crippen molar-refractivity contribution < 1.29 is 19.1 Å². The fraction of sp³-hybridized carbons (Fsp3) is 0.300. The highest BCUT2D eigenvalue weighted by Gasteiger charge is 2.21. The molecule has 132 valence electrons. The summed E-state index contributed by atoms with van der Waals surface area (Å²) >= 11 is 5.97. The number of ether oxygens (including phenoxy) is 2. The SMILES string of the molecule is CCCC(C)OC(=O)c1ccccc1C(=O)Oc1ccc(Cl)c(C)c1. The van der Waals surface area contributed by atoms with E-state index in [2.05, 4.69) is 0 Å². The van der Waals surface area contributed by atoms with Gasteiger partial charge in [-0.05, 0) is 56.2 Å². The molecule has 5 heteroatoms. The first-order chi connectivity index (χ1) is 11.9. The highest BCUT2D eigenvalue weighted by atomic mass is 35.5. The molecule has 0 saturated heterocycles. The minimum atomic E-state index is -0.614. The Labute approximate surface area is 152 Å². The molecule has 0 bridgehead atoms. The Morgan fingerprint density at radius 2 is 1.72 bits per heavy atom. The predicted molar refractivity (Wildman–Crippen MR) is 97.4 cm³/mol. The fourth-order valence-corrected chi connectivity index (χ4v) is 2.51. The molecule has 0 aliphatic carbocycles. The highest BCUT2D eigenvalue weighted by molar-refractivity contribution is 6.31. The molecular weight excluding hydrogens is 340 g/mol. The zero-order valence-electron chi connectivity index (χ0n) is 14.5. The van der Waals surface area contributed by atoms with Crippen LogP contribution in [-0.4, -0.2) is 18.0 Å². The summed E-state index contributed by atoms with van der Waals surface area (Å²) in [5.41, 5.74) is 1.16. The molecule has 0 fully saturated rings. The predicted octanol–water partition coefficient (Wildman–Crippen LogP) is 5.21. The van der Waals surface area contributed by atoms with Gasteiger partial charge in [0.15, 0.2) is 0 Å². The van der Waals surface area contributed by atoms with E-state index < -0.39 is 11.9 Å². The number of carbonyl (C=O) groups is 2. The second-order valence-electron chi connectivity index (χ2n) is 5.85. The van der Waals surface area contributed by atoms with E-state index in [9.17, 15) is 9.59 Å². The van der Waals surface area contributed by atoms with Gasteiger partial charge in [0, 0.05) is 5.02 Å². The van der Waals surface area contributed by atoms with Gasteiger partial charge in [0.2, 0.25) is 0 Å². The standard InChI is InChI=1S/C20H21ClO4/c1-4-7-14(3)24-19(22)16-8-5-6-9-17(16)20(23)25-15-10-11-18(21)13(2)12-15/h5-6,8-12,14H,4,7H2,1-3H3. The Balaban J connectivity index is 2.19. The van der Waals surface area contributed by atoms with Crippen molar-refractivity contribution in [3.8, 4) is 5.75 Å². The zero-order valence-corrected chi connectivity index (χ0v) is 15.3. The maximum absolute atomic E-state index is 12.5. The van der Waals surface area contributed by atoms with Crippen LogP contribution in [0.4, 0.5) is 0 Å². The van der Waals surface area contributed by atoms with Crippen molar-refractivity contribution in [2.45, 2.75) is 39.7 Å². The summed E-state index contributed by atoms with van der Waals surface area (Å²) in [6.07, 6.45) is 1.47. The molecular formula is C20H21ClO4. The van der Waals surface area contributed by atoms with Crippen molar-refractivity contribution in [2.24, 2.45) is 0 Å². The van der Waals surface area contributed by atoms with Crippen LogP contribution in [0.3, 0.4) is 0 Å². The number of halogens is 1. The van der Waals surface area contributed by atoms with E-state index >= 15 is 0 Å². The molecule has 2 aromatic carbocycles. The van der Waals surface area contributed by atoms with Crippen LogP contribution in [0.2, 0.25) is 5.02 Å². The topological polar surface area (TPSA) is 52.6 Å². The minimum Gasteiger partial charge on any atom is -0.459 e. The Kier molecular flexibility index (Phi) is 6.59. The summed E-state index contributed by atoms with van der Waals surface area (Å²) < 4.78 is 10.8. The van der Waals surface area contributed by atoms with Crippen molar-refractivity contribution >= 4 is 23.5 Å². The molecule has 4 nitrogen and oxygen atoms in total. The molecule has 25 heavy (non-hydrogen) atoms. The van der Waals surface area contributed by atoms with Crippen molar-refractivity contribution in [2.75, 3.05) is 0 Å². The van der Waals surface area contributed by atoms with E-state index in [0.717, 1.165) is 18.4 Å². The largest absolute Gasteiger partial charge is 0.459 e. The molecule has 0 aromatic heterocycles. The van der Waals surface area contributed by atoms with E-state index in [4.69, 9.17) is 21.1 Å². The van der Waals surface area contributed by atoms with Crippen molar-refractivity contribution in [3.63, 3.8) is 0 Å². The second kappa shape index (κ2) is 8.67. The lowest BCUT2D eigenvalue weighted by Crippen LogP contribution is -2.19. The lowest BCUT2D eigenvalue weighted by Gasteiger charge is -2.14. The Hall–Kier alpha value is -2.33. The van der Waals surface area contributed by atoms with Gasteiger partial charge in [-0.15, -0.1) is 0 Å². The van der Waals surface area contributed by atoms with Crippen molar-refractivity contribution in [3.05, 3.63) is 64.2 Å². The third kappa shape index (κ3) is 5.07. The maximum atomic E-state index is 12.5. The van der Waals surface area contributed by atoms with Gasteiger partial charge in [0.1, 0.15) is 5.75 Å². The number of benzene rings is 2. The summed E-state index contributed by atoms with van der Waals surface area (Å²) in [6, 6.07) is 11.4. The Bertz CT molecular complexity index is 770. The Morgan fingerprint density at radius 3 is 2.32 bits per heavy atom. The van der Waals surface area contributed by atoms with Crippen LogP contribution < -0.4 is 4.74 Å². The normalized spacial score (nSPS) is 11.7. The van der Waals surface area contributed by atoms with Gasteiger partial charge < -0.3 is 9.47 Å². The van der Waals surface area contributed by atoms with Gasteiger partial charge in [-0.25, -0.2) is 9.59 Å². The van der Waals surface area contributed by atoms with E-state index in [-0.39, 0.29) is 17.2 Å². The van der Waals surface area contributed by atoms with Crippen LogP contribution in [0, 0.1) is 6.92 Å². The fourth-order valence-electron chi connectivity index (χ4n) is 2.39. The first-order valence-electron chi connectivity index (χ1n) is 8.20. The van der Waals surface area contributed by atoms with Gasteiger partial charge in [0.05, 0.1) is 17.2 Å². The molecule has 2 aromatic rings. The molecule has 0 saturated carbocycles. The van der Waals surface area contributed by atoms with E-state index in [1.165, 1.54) is 0 Å². The molecule has 0 aliphatic rings. The van der Waals surface area contributed by atoms with Crippen LogP contribution in [0.15, 0.2) is 42.5 Å². The van der Waals surface area contributed by atoms with Crippen molar-refractivity contribution in [1.82, 2.24) is 0 Å². The summed E-state index contributed by atoms with van der Waals surface area (Å²) in [7, 11) is 0. The van der Waals surface area contributed by atoms with Gasteiger partial charge in [0.25, 0.3) is 0 Å². The summed E-state index contributed by atoms with van der Waals surface area (Å²) in [4.78, 5) is 24.8. The third-order valence-electron chi connectivity index (χ3n) is 3.71. The van der Waals surface area contributed by atoms with Gasteiger partial charge in [-0.1, -0.05) is 37.1 Å². The lowest BCUT2D eigenvalue weighted by atomic mass is 10.1.